The molecule has 2 heterocycles. The molecule has 2 aliphatic rings. The van der Waals surface area contributed by atoms with Crippen molar-refractivity contribution >= 4 is 0 Å². The fourth-order valence-corrected chi connectivity index (χ4v) is 1.62. The standard InChI is InChI=1S/C8H14O6/c1-9-7-5-6(12-3-13-7)8(10-2)14-4-11-5/h5-8H,3-4H2,1-2H3. The molecule has 4 atom stereocenters. The molecule has 0 amide bonds. The summed E-state index contributed by atoms with van der Waals surface area (Å²) in [4.78, 5) is 0. The predicted molar refractivity (Wildman–Crippen MR) is 43.2 cm³/mol. The zero-order chi connectivity index (χ0) is 9.97. The van der Waals surface area contributed by atoms with E-state index >= 15 is 0 Å². The number of rotatable bonds is 2. The lowest BCUT2D eigenvalue weighted by molar-refractivity contribution is -0.391. The molecule has 2 aliphatic heterocycles. The lowest BCUT2D eigenvalue weighted by atomic mass is 10.1. The van der Waals surface area contributed by atoms with Gasteiger partial charge in [-0.15, -0.1) is 0 Å². The molecule has 0 spiro atoms. The number of hydrogen-bond donors (Lipinski definition) is 0. The van der Waals surface area contributed by atoms with Crippen molar-refractivity contribution in [3.63, 3.8) is 0 Å². The molecule has 0 aliphatic carbocycles. The van der Waals surface area contributed by atoms with Crippen LogP contribution in [-0.4, -0.2) is 52.6 Å². The molecule has 4 unspecified atom stereocenters. The molecule has 82 valence electrons. The number of fused-ring (bicyclic) bond motifs is 1. The predicted octanol–water partition coefficient (Wildman–Crippen LogP) is -0.323. The third kappa shape index (κ3) is 1.77. The lowest BCUT2D eigenvalue weighted by Gasteiger charge is -2.42. The molecule has 0 aromatic carbocycles. The fourth-order valence-electron chi connectivity index (χ4n) is 1.62. The summed E-state index contributed by atoms with van der Waals surface area (Å²) in [7, 11) is 3.13. The van der Waals surface area contributed by atoms with Crippen LogP contribution in [-0.2, 0) is 28.4 Å². The molecule has 0 radical (unpaired) electrons. The molecule has 2 rings (SSSR count). The molecular formula is C8H14O6. The van der Waals surface area contributed by atoms with Crippen LogP contribution in [0.3, 0.4) is 0 Å². The molecule has 0 N–H and O–H groups in total. The third-order valence-electron chi connectivity index (χ3n) is 2.31. The van der Waals surface area contributed by atoms with Crippen molar-refractivity contribution < 1.29 is 28.4 Å². The van der Waals surface area contributed by atoms with Gasteiger partial charge < -0.3 is 28.4 Å². The van der Waals surface area contributed by atoms with Gasteiger partial charge in [0.25, 0.3) is 0 Å². The fraction of sp³-hybridized carbons (Fsp3) is 1.00. The van der Waals surface area contributed by atoms with Crippen molar-refractivity contribution in [3.05, 3.63) is 0 Å². The first-order chi connectivity index (χ1) is 6.86. The normalized spacial score (nSPS) is 43.3. The Hall–Kier alpha value is -0.240. The van der Waals surface area contributed by atoms with Gasteiger partial charge in [-0.25, -0.2) is 0 Å². The van der Waals surface area contributed by atoms with Crippen LogP contribution in [0, 0.1) is 0 Å². The first kappa shape index (κ1) is 10.3. The number of methoxy groups -OCH3 is 2. The Labute approximate surface area is 82.0 Å². The summed E-state index contributed by atoms with van der Waals surface area (Å²) in [6.07, 6.45) is -1.44. The molecule has 6 heteroatoms. The zero-order valence-corrected chi connectivity index (χ0v) is 8.17. The average Bonchev–Trinajstić information content (AvgIpc) is 2.27. The minimum absolute atomic E-state index is 0.159. The maximum absolute atomic E-state index is 5.34. The Morgan fingerprint density at radius 2 is 1.21 bits per heavy atom. The monoisotopic (exact) mass is 206 g/mol. The maximum atomic E-state index is 5.34. The average molecular weight is 206 g/mol. The highest BCUT2D eigenvalue weighted by molar-refractivity contribution is 4.81. The van der Waals surface area contributed by atoms with Crippen molar-refractivity contribution in [1.82, 2.24) is 0 Å². The van der Waals surface area contributed by atoms with Gasteiger partial charge in [0, 0.05) is 14.2 Å². The van der Waals surface area contributed by atoms with E-state index in [0.717, 1.165) is 0 Å². The van der Waals surface area contributed by atoms with Gasteiger partial charge in [0.1, 0.15) is 12.2 Å². The van der Waals surface area contributed by atoms with E-state index in [2.05, 4.69) is 0 Å². The van der Waals surface area contributed by atoms with E-state index in [1.807, 2.05) is 0 Å². The van der Waals surface area contributed by atoms with Gasteiger partial charge in [0.2, 0.25) is 0 Å². The van der Waals surface area contributed by atoms with Crippen LogP contribution in [0.2, 0.25) is 0 Å². The van der Waals surface area contributed by atoms with Crippen LogP contribution in [0.25, 0.3) is 0 Å². The Morgan fingerprint density at radius 3 is 1.57 bits per heavy atom. The van der Waals surface area contributed by atoms with E-state index in [0.29, 0.717) is 0 Å². The molecule has 2 fully saturated rings. The van der Waals surface area contributed by atoms with Crippen molar-refractivity contribution in [2.75, 3.05) is 27.8 Å². The molecule has 0 aromatic heterocycles. The van der Waals surface area contributed by atoms with Gasteiger partial charge >= 0.3 is 0 Å². The smallest absolute Gasteiger partial charge is 0.188 e. The minimum atomic E-state index is -0.421. The van der Waals surface area contributed by atoms with Crippen LogP contribution in [0.15, 0.2) is 0 Å². The summed E-state index contributed by atoms with van der Waals surface area (Å²) >= 11 is 0. The van der Waals surface area contributed by atoms with Gasteiger partial charge in [0.05, 0.1) is 0 Å². The second-order valence-electron chi connectivity index (χ2n) is 3.04. The third-order valence-corrected chi connectivity index (χ3v) is 2.31. The lowest BCUT2D eigenvalue weighted by Crippen LogP contribution is -2.57. The van der Waals surface area contributed by atoms with Gasteiger partial charge in [-0.3, -0.25) is 0 Å². The number of hydrogen-bond acceptors (Lipinski definition) is 6. The highest BCUT2D eigenvalue weighted by Gasteiger charge is 2.44. The molecule has 14 heavy (non-hydrogen) atoms. The Morgan fingerprint density at radius 1 is 0.786 bits per heavy atom. The second-order valence-corrected chi connectivity index (χ2v) is 3.04. The second kappa shape index (κ2) is 4.52. The van der Waals surface area contributed by atoms with Crippen molar-refractivity contribution in [3.8, 4) is 0 Å². The molecule has 0 saturated carbocycles. The van der Waals surface area contributed by atoms with E-state index in [-0.39, 0.29) is 25.8 Å². The van der Waals surface area contributed by atoms with Crippen LogP contribution in [0.4, 0.5) is 0 Å². The van der Waals surface area contributed by atoms with Crippen molar-refractivity contribution in [2.45, 2.75) is 24.8 Å². The largest absolute Gasteiger partial charge is 0.353 e. The van der Waals surface area contributed by atoms with E-state index in [1.54, 1.807) is 14.2 Å². The first-order valence-electron chi connectivity index (χ1n) is 4.39. The summed E-state index contributed by atoms with van der Waals surface area (Å²) in [5.41, 5.74) is 0. The molecule has 0 bridgehead atoms. The molecular weight excluding hydrogens is 192 g/mol. The van der Waals surface area contributed by atoms with Crippen molar-refractivity contribution in [1.29, 1.82) is 0 Å². The number of ether oxygens (including phenoxy) is 6. The summed E-state index contributed by atoms with van der Waals surface area (Å²) in [5.74, 6) is 0. The van der Waals surface area contributed by atoms with Gasteiger partial charge in [-0.1, -0.05) is 0 Å². The van der Waals surface area contributed by atoms with E-state index in [9.17, 15) is 0 Å². The van der Waals surface area contributed by atoms with Crippen LogP contribution in [0.5, 0.6) is 0 Å². The van der Waals surface area contributed by atoms with Gasteiger partial charge in [-0.2, -0.15) is 0 Å². The minimum Gasteiger partial charge on any atom is -0.353 e. The topological polar surface area (TPSA) is 55.4 Å². The molecule has 6 nitrogen and oxygen atoms in total. The molecule has 0 aromatic rings. The first-order valence-corrected chi connectivity index (χ1v) is 4.39. The van der Waals surface area contributed by atoms with Crippen molar-refractivity contribution in [2.24, 2.45) is 0 Å². The Kier molecular flexibility index (Phi) is 3.32. The van der Waals surface area contributed by atoms with Gasteiger partial charge in [0.15, 0.2) is 26.2 Å². The zero-order valence-electron chi connectivity index (χ0n) is 8.17. The summed E-state index contributed by atoms with van der Waals surface area (Å²) < 4.78 is 31.3. The molecule has 2 saturated heterocycles. The quantitative estimate of drug-likeness (QED) is 0.617. The SMILES string of the molecule is COC1OCOC2C(OC)OCOC12. The highest BCUT2D eigenvalue weighted by Crippen LogP contribution is 2.26. The summed E-state index contributed by atoms with van der Waals surface area (Å²) in [6, 6.07) is 0. The van der Waals surface area contributed by atoms with E-state index in [1.165, 1.54) is 0 Å². The van der Waals surface area contributed by atoms with Gasteiger partial charge in [-0.05, 0) is 0 Å². The van der Waals surface area contributed by atoms with E-state index < -0.39 is 12.6 Å². The Balaban J connectivity index is 2.04. The summed E-state index contributed by atoms with van der Waals surface area (Å²) in [6.45, 7) is 0.318. The summed E-state index contributed by atoms with van der Waals surface area (Å²) in [5, 5.41) is 0. The van der Waals surface area contributed by atoms with Crippen LogP contribution < -0.4 is 0 Å². The van der Waals surface area contributed by atoms with Crippen LogP contribution >= 0.6 is 0 Å². The van der Waals surface area contributed by atoms with Crippen LogP contribution in [0.1, 0.15) is 0 Å². The Bertz CT molecular complexity index is 167. The highest BCUT2D eigenvalue weighted by atomic mass is 16.8. The maximum Gasteiger partial charge on any atom is 0.188 e. The van der Waals surface area contributed by atoms with E-state index in [4.69, 9.17) is 28.4 Å².